The van der Waals surface area contributed by atoms with Crippen LogP contribution in [0.3, 0.4) is 0 Å². The average molecular weight is 348 g/mol. The number of hydrogen-bond acceptors (Lipinski definition) is 2. The molecule has 4 nitrogen and oxygen atoms in total. The number of nitrogens with one attached hydrogen (secondary N) is 1. The third-order valence-corrected chi connectivity index (χ3v) is 4.54. The Morgan fingerprint density at radius 1 is 0.739 bits per heavy atom. The van der Waals surface area contributed by atoms with Crippen LogP contribution in [0.2, 0.25) is 0 Å². The van der Waals surface area contributed by atoms with Crippen LogP contribution in [0.1, 0.15) is 96.8 Å². The van der Waals surface area contributed by atoms with Gasteiger partial charge in [0.15, 0.2) is 0 Å². The fraction of sp³-hybridized carbons (Fsp3) is 0.889. The molecule has 0 atom stereocenters. The molecule has 0 aliphatic rings. The molecule has 23 heavy (non-hydrogen) atoms. The van der Waals surface area contributed by atoms with Gasteiger partial charge in [-0.3, -0.25) is 4.55 Å². The second-order valence-electron chi connectivity index (χ2n) is 6.31. The van der Waals surface area contributed by atoms with Crippen LogP contribution in [0.15, 0.2) is 12.2 Å². The normalized spacial score (nSPS) is 12.3. The smallest absolute Gasteiger partial charge is 0.273 e. The topological polar surface area (TPSA) is 66.4 Å². The molecule has 0 rings (SSSR count). The van der Waals surface area contributed by atoms with Crippen molar-refractivity contribution in [3.63, 3.8) is 0 Å². The summed E-state index contributed by atoms with van der Waals surface area (Å²) >= 11 is 0. The summed E-state index contributed by atoms with van der Waals surface area (Å²) in [6, 6.07) is 0. The summed E-state index contributed by atoms with van der Waals surface area (Å²) in [7, 11) is -4.00. The Morgan fingerprint density at radius 2 is 1.17 bits per heavy atom. The van der Waals surface area contributed by atoms with Crippen LogP contribution in [0.25, 0.3) is 0 Å². The second kappa shape index (κ2) is 16.5. The summed E-state index contributed by atoms with van der Waals surface area (Å²) in [6.07, 6.45) is 21.9. The van der Waals surface area contributed by atoms with Crippen LogP contribution in [-0.4, -0.2) is 19.5 Å². The van der Waals surface area contributed by atoms with E-state index < -0.39 is 10.3 Å². The summed E-state index contributed by atoms with van der Waals surface area (Å²) in [6.45, 7) is 2.59. The summed E-state index contributed by atoms with van der Waals surface area (Å²) in [5.41, 5.74) is 0. The van der Waals surface area contributed by atoms with Crippen molar-refractivity contribution in [2.75, 3.05) is 6.54 Å². The van der Waals surface area contributed by atoms with E-state index in [1.165, 1.54) is 70.6 Å². The Labute approximate surface area is 144 Å². The van der Waals surface area contributed by atoms with Gasteiger partial charge < -0.3 is 0 Å². The van der Waals surface area contributed by atoms with Crippen molar-refractivity contribution in [1.29, 1.82) is 0 Å². The average Bonchev–Trinajstić information content (AvgIpc) is 2.49. The van der Waals surface area contributed by atoms with Gasteiger partial charge in [0.25, 0.3) is 0 Å². The Hall–Kier alpha value is -0.390. The van der Waals surface area contributed by atoms with Gasteiger partial charge in [-0.1, -0.05) is 76.9 Å². The zero-order chi connectivity index (χ0) is 17.2. The standard InChI is InChI=1S/C18H37NO3S/c1-2-3-4-5-6-7-8-9-10-11-12-13-14-15-16-17-18-19-23(20,21)22/h9-10,19H,2-8,11-18H2,1H3,(H,20,21,22). The summed E-state index contributed by atoms with van der Waals surface area (Å²) in [5, 5.41) is 0. The maximum absolute atomic E-state index is 10.4. The van der Waals surface area contributed by atoms with Gasteiger partial charge in [0.05, 0.1) is 0 Å². The van der Waals surface area contributed by atoms with Crippen LogP contribution in [0.4, 0.5) is 0 Å². The van der Waals surface area contributed by atoms with Crippen molar-refractivity contribution in [2.45, 2.75) is 96.8 Å². The Morgan fingerprint density at radius 3 is 1.65 bits per heavy atom. The first-order valence-corrected chi connectivity index (χ1v) is 10.9. The highest BCUT2D eigenvalue weighted by atomic mass is 32.2. The first-order valence-electron chi connectivity index (χ1n) is 9.43. The van der Waals surface area contributed by atoms with Gasteiger partial charge in [-0.15, -0.1) is 0 Å². The first kappa shape index (κ1) is 22.6. The van der Waals surface area contributed by atoms with Gasteiger partial charge in [-0.25, -0.2) is 0 Å². The van der Waals surface area contributed by atoms with Crippen LogP contribution in [0, 0.1) is 0 Å². The van der Waals surface area contributed by atoms with E-state index in [4.69, 9.17) is 4.55 Å². The highest BCUT2D eigenvalue weighted by molar-refractivity contribution is 7.83. The molecule has 0 bridgehead atoms. The molecular weight excluding hydrogens is 310 g/mol. The van der Waals surface area contributed by atoms with Gasteiger partial charge in [0.2, 0.25) is 0 Å². The third-order valence-electron chi connectivity index (χ3n) is 3.97. The minimum absolute atomic E-state index is 0.333. The maximum atomic E-state index is 10.4. The molecule has 0 radical (unpaired) electrons. The molecule has 0 fully saturated rings. The molecular formula is C18H37NO3S. The molecule has 2 N–H and O–H groups in total. The molecule has 0 heterocycles. The molecule has 0 saturated carbocycles. The predicted molar refractivity (Wildman–Crippen MR) is 99.0 cm³/mol. The van der Waals surface area contributed by atoms with E-state index in [9.17, 15) is 8.42 Å². The lowest BCUT2D eigenvalue weighted by molar-refractivity contribution is 0.464. The molecule has 0 spiro atoms. The van der Waals surface area contributed by atoms with Crippen molar-refractivity contribution < 1.29 is 13.0 Å². The number of unbranched alkanes of at least 4 members (excludes halogenated alkanes) is 12. The van der Waals surface area contributed by atoms with Gasteiger partial charge in [-0.2, -0.15) is 13.1 Å². The fourth-order valence-corrected chi connectivity index (χ4v) is 2.98. The number of rotatable bonds is 17. The van der Waals surface area contributed by atoms with E-state index >= 15 is 0 Å². The minimum atomic E-state index is -4.00. The lowest BCUT2D eigenvalue weighted by Gasteiger charge is -2.01. The molecule has 0 aliphatic carbocycles. The molecule has 0 amide bonds. The van der Waals surface area contributed by atoms with Crippen LogP contribution >= 0.6 is 0 Å². The zero-order valence-electron chi connectivity index (χ0n) is 14.9. The van der Waals surface area contributed by atoms with Gasteiger partial charge in [0.1, 0.15) is 0 Å². The predicted octanol–water partition coefficient (Wildman–Crippen LogP) is 5.42. The maximum Gasteiger partial charge on any atom is 0.333 e. The monoisotopic (exact) mass is 347 g/mol. The van der Waals surface area contributed by atoms with Crippen LogP contribution in [0.5, 0.6) is 0 Å². The van der Waals surface area contributed by atoms with Gasteiger partial charge >= 0.3 is 10.3 Å². The second-order valence-corrected chi connectivity index (χ2v) is 7.55. The van der Waals surface area contributed by atoms with Crippen LogP contribution < -0.4 is 4.72 Å². The molecule has 0 saturated heterocycles. The van der Waals surface area contributed by atoms with E-state index in [0.717, 1.165) is 19.3 Å². The SMILES string of the molecule is CCCCCCCCC=CCCCCCCCCNS(=O)(=O)O. The van der Waals surface area contributed by atoms with E-state index in [2.05, 4.69) is 23.8 Å². The van der Waals surface area contributed by atoms with Gasteiger partial charge in [-0.05, 0) is 32.1 Å². The molecule has 0 unspecified atom stereocenters. The number of hydrogen-bond donors (Lipinski definition) is 2. The first-order chi connectivity index (χ1) is 11.1. The lowest BCUT2D eigenvalue weighted by atomic mass is 10.1. The van der Waals surface area contributed by atoms with Crippen molar-refractivity contribution in [2.24, 2.45) is 0 Å². The Bertz CT molecular complexity index is 366. The highest BCUT2D eigenvalue weighted by Crippen LogP contribution is 2.09. The molecule has 0 aromatic heterocycles. The highest BCUT2D eigenvalue weighted by Gasteiger charge is 2.00. The molecule has 0 aromatic rings. The van der Waals surface area contributed by atoms with E-state index in [1.54, 1.807) is 0 Å². The summed E-state index contributed by atoms with van der Waals surface area (Å²) < 4.78 is 31.4. The van der Waals surface area contributed by atoms with E-state index in [0.29, 0.717) is 6.54 Å². The summed E-state index contributed by atoms with van der Waals surface area (Å²) in [4.78, 5) is 0. The quantitative estimate of drug-likeness (QED) is 0.210. The van der Waals surface area contributed by atoms with Crippen molar-refractivity contribution >= 4 is 10.3 Å². The number of allylic oxidation sites excluding steroid dienone is 2. The Kier molecular flexibility index (Phi) is 16.2. The van der Waals surface area contributed by atoms with E-state index in [1.807, 2.05) is 0 Å². The van der Waals surface area contributed by atoms with Gasteiger partial charge in [0, 0.05) is 6.54 Å². The zero-order valence-corrected chi connectivity index (χ0v) is 15.7. The van der Waals surface area contributed by atoms with Crippen molar-refractivity contribution in [3.8, 4) is 0 Å². The molecule has 5 heteroatoms. The largest absolute Gasteiger partial charge is 0.333 e. The van der Waals surface area contributed by atoms with Crippen molar-refractivity contribution in [1.82, 2.24) is 4.72 Å². The minimum Gasteiger partial charge on any atom is -0.273 e. The molecule has 0 aliphatic heterocycles. The van der Waals surface area contributed by atoms with Crippen LogP contribution in [-0.2, 0) is 10.3 Å². The van der Waals surface area contributed by atoms with Crippen molar-refractivity contribution in [3.05, 3.63) is 12.2 Å². The third kappa shape index (κ3) is 21.6. The summed E-state index contributed by atoms with van der Waals surface area (Å²) in [5.74, 6) is 0. The molecule has 0 aromatic carbocycles. The Balaban J connectivity index is 3.13. The molecule has 138 valence electrons. The lowest BCUT2D eigenvalue weighted by Crippen LogP contribution is -2.23. The fourth-order valence-electron chi connectivity index (χ4n) is 2.57. The van der Waals surface area contributed by atoms with E-state index in [-0.39, 0.29) is 0 Å².